The Morgan fingerprint density at radius 1 is 0.500 bits per heavy atom. The first-order valence-electron chi connectivity index (χ1n) is 16.6. The molecule has 3 saturated carbocycles. The highest BCUT2D eigenvalue weighted by atomic mass is 19.2. The zero-order valence-electron chi connectivity index (χ0n) is 25.4. The average Bonchev–Trinajstić information content (AvgIpc) is 3.02. The Morgan fingerprint density at radius 3 is 1.26 bits per heavy atom. The monoisotopic (exact) mass is 588 g/mol. The Hall–Kier alpha value is -2.24. The number of benzene rings is 2. The van der Waals surface area contributed by atoms with Gasteiger partial charge in [-0.2, -0.15) is 8.78 Å². The molecule has 0 aromatic heterocycles. The van der Waals surface area contributed by atoms with Gasteiger partial charge in [0.1, 0.15) is 0 Å². The maximum Gasteiger partial charge on any atom is 0.200 e. The highest BCUT2D eigenvalue weighted by Crippen LogP contribution is 2.46. The van der Waals surface area contributed by atoms with Gasteiger partial charge >= 0.3 is 0 Å². The van der Waals surface area contributed by atoms with Gasteiger partial charge in [0.05, 0.1) is 13.2 Å². The standard InChI is InChI=1S/C36H48F4O2/c1-3-41-31-21-19-29(33(37)35(31)39)27-13-9-24(10-14-27)6-5-23-7-11-25(12-8-23)26-15-17-28(18-16-26)30-20-22-32(42-4-2)36(40)34(30)38/h19-28H,3-18H2,1-2H3. The molecule has 2 aromatic rings. The van der Waals surface area contributed by atoms with Crippen LogP contribution in [0.4, 0.5) is 17.6 Å². The molecule has 0 amide bonds. The lowest BCUT2D eigenvalue weighted by Crippen LogP contribution is -2.26. The summed E-state index contributed by atoms with van der Waals surface area (Å²) in [5, 5.41) is 0. The molecule has 2 nitrogen and oxygen atoms in total. The van der Waals surface area contributed by atoms with E-state index in [1.165, 1.54) is 38.5 Å². The maximum atomic E-state index is 14.7. The van der Waals surface area contributed by atoms with Crippen molar-refractivity contribution in [3.8, 4) is 11.5 Å². The van der Waals surface area contributed by atoms with Crippen LogP contribution in [0.2, 0.25) is 0 Å². The predicted octanol–water partition coefficient (Wildman–Crippen LogP) is 10.9. The van der Waals surface area contributed by atoms with E-state index in [1.807, 2.05) is 0 Å². The zero-order valence-corrected chi connectivity index (χ0v) is 25.4. The first kappa shape index (κ1) is 31.2. The van der Waals surface area contributed by atoms with Gasteiger partial charge in [-0.1, -0.05) is 37.8 Å². The van der Waals surface area contributed by atoms with Crippen LogP contribution in [0.1, 0.15) is 127 Å². The van der Waals surface area contributed by atoms with Gasteiger partial charge < -0.3 is 9.47 Å². The van der Waals surface area contributed by atoms with E-state index in [0.717, 1.165) is 63.2 Å². The van der Waals surface area contributed by atoms with Crippen molar-refractivity contribution >= 4 is 0 Å². The summed E-state index contributed by atoms with van der Waals surface area (Å²) in [7, 11) is 0. The Labute approximate surface area is 249 Å². The number of rotatable bonds is 10. The van der Waals surface area contributed by atoms with Gasteiger partial charge in [0.25, 0.3) is 0 Å². The van der Waals surface area contributed by atoms with Gasteiger partial charge in [0, 0.05) is 0 Å². The Bertz CT molecular complexity index is 1160. The number of ether oxygens (including phenoxy) is 2. The van der Waals surface area contributed by atoms with Gasteiger partial charge in [-0.25, -0.2) is 8.78 Å². The van der Waals surface area contributed by atoms with Crippen molar-refractivity contribution in [2.75, 3.05) is 13.2 Å². The van der Waals surface area contributed by atoms with Crippen LogP contribution in [0, 0.1) is 46.9 Å². The van der Waals surface area contributed by atoms with Crippen molar-refractivity contribution in [2.24, 2.45) is 23.7 Å². The van der Waals surface area contributed by atoms with Crippen LogP contribution in [0.25, 0.3) is 0 Å². The maximum absolute atomic E-state index is 14.7. The molecule has 0 saturated heterocycles. The number of hydrogen-bond donors (Lipinski definition) is 0. The Balaban J connectivity index is 1.01. The van der Waals surface area contributed by atoms with Crippen molar-refractivity contribution in [1.29, 1.82) is 0 Å². The summed E-state index contributed by atoms with van der Waals surface area (Å²) < 4.78 is 68.6. The van der Waals surface area contributed by atoms with Crippen molar-refractivity contribution in [3.63, 3.8) is 0 Å². The molecule has 0 aliphatic heterocycles. The van der Waals surface area contributed by atoms with E-state index in [9.17, 15) is 17.6 Å². The largest absolute Gasteiger partial charge is 0.491 e. The molecule has 0 spiro atoms. The van der Waals surface area contributed by atoms with E-state index in [1.54, 1.807) is 38.1 Å². The third-order valence-electron chi connectivity index (χ3n) is 10.8. The minimum absolute atomic E-state index is 0.00540. The lowest BCUT2D eigenvalue weighted by molar-refractivity contribution is 0.150. The molecule has 0 unspecified atom stereocenters. The molecule has 0 atom stereocenters. The van der Waals surface area contributed by atoms with Crippen LogP contribution >= 0.6 is 0 Å². The van der Waals surface area contributed by atoms with Gasteiger partial charge in [0.15, 0.2) is 23.1 Å². The molecule has 0 N–H and O–H groups in total. The molecule has 6 heteroatoms. The molecule has 0 bridgehead atoms. The third-order valence-corrected chi connectivity index (χ3v) is 10.8. The van der Waals surface area contributed by atoms with Crippen LogP contribution in [0.3, 0.4) is 0 Å². The average molecular weight is 589 g/mol. The van der Waals surface area contributed by atoms with Crippen LogP contribution in [-0.4, -0.2) is 13.2 Å². The molecule has 3 aliphatic carbocycles. The lowest BCUT2D eigenvalue weighted by atomic mass is 9.67. The minimum Gasteiger partial charge on any atom is -0.491 e. The van der Waals surface area contributed by atoms with Crippen molar-refractivity contribution < 1.29 is 27.0 Å². The van der Waals surface area contributed by atoms with Crippen LogP contribution < -0.4 is 9.47 Å². The number of hydrogen-bond acceptors (Lipinski definition) is 2. The first-order valence-corrected chi connectivity index (χ1v) is 16.6. The van der Waals surface area contributed by atoms with Crippen molar-refractivity contribution in [3.05, 3.63) is 58.7 Å². The SMILES string of the molecule is CCOc1ccc(C2CCC(CCC3CCC(C4CCC(c5ccc(OCC)c(F)c5F)CC4)CC3)CC2)c(F)c1F. The van der Waals surface area contributed by atoms with Crippen LogP contribution in [0.15, 0.2) is 24.3 Å². The lowest BCUT2D eigenvalue weighted by Gasteiger charge is -2.38. The summed E-state index contributed by atoms with van der Waals surface area (Å²) in [5.41, 5.74) is 1.03. The van der Waals surface area contributed by atoms with E-state index in [4.69, 9.17) is 9.47 Å². The second-order valence-corrected chi connectivity index (χ2v) is 13.1. The Morgan fingerprint density at radius 2 is 0.857 bits per heavy atom. The zero-order chi connectivity index (χ0) is 29.6. The molecular formula is C36H48F4O2. The smallest absolute Gasteiger partial charge is 0.200 e. The summed E-state index contributed by atoms with van der Waals surface area (Å²) in [5.74, 6) is 0.0270. The van der Waals surface area contributed by atoms with Crippen LogP contribution in [-0.2, 0) is 0 Å². The minimum atomic E-state index is -0.850. The predicted molar refractivity (Wildman–Crippen MR) is 159 cm³/mol. The molecule has 3 fully saturated rings. The molecule has 0 heterocycles. The summed E-state index contributed by atoms with van der Waals surface area (Å²) in [6.07, 6.45) is 15.8. The molecule has 5 rings (SSSR count). The fourth-order valence-corrected chi connectivity index (χ4v) is 8.34. The Kier molecular flexibility index (Phi) is 10.8. The van der Waals surface area contributed by atoms with Crippen LogP contribution in [0.5, 0.6) is 11.5 Å². The fraction of sp³-hybridized carbons (Fsp3) is 0.667. The molecule has 42 heavy (non-hydrogen) atoms. The van der Waals surface area contributed by atoms with Crippen molar-refractivity contribution in [1.82, 2.24) is 0 Å². The molecule has 232 valence electrons. The van der Waals surface area contributed by atoms with Gasteiger partial charge in [-0.05, 0) is 137 Å². The third kappa shape index (κ3) is 7.10. The number of halogens is 4. The summed E-state index contributed by atoms with van der Waals surface area (Å²) >= 11 is 0. The quantitative estimate of drug-likeness (QED) is 0.257. The van der Waals surface area contributed by atoms with E-state index in [-0.39, 0.29) is 23.3 Å². The fourth-order valence-electron chi connectivity index (χ4n) is 8.34. The van der Waals surface area contributed by atoms with Gasteiger partial charge in [0.2, 0.25) is 11.6 Å². The van der Waals surface area contributed by atoms with Gasteiger partial charge in [-0.3, -0.25) is 0 Å². The molecule has 2 aromatic carbocycles. The first-order chi connectivity index (χ1) is 20.4. The van der Waals surface area contributed by atoms with E-state index in [2.05, 4.69) is 0 Å². The normalized spacial score (nSPS) is 28.4. The summed E-state index contributed by atoms with van der Waals surface area (Å²) in [6.45, 7) is 4.18. The van der Waals surface area contributed by atoms with Crippen molar-refractivity contribution in [2.45, 2.75) is 116 Å². The molecule has 0 radical (unpaired) electrons. The summed E-state index contributed by atoms with van der Waals surface area (Å²) in [4.78, 5) is 0. The second kappa shape index (κ2) is 14.5. The van der Waals surface area contributed by atoms with E-state index >= 15 is 0 Å². The van der Waals surface area contributed by atoms with E-state index in [0.29, 0.717) is 36.2 Å². The second-order valence-electron chi connectivity index (χ2n) is 13.1. The van der Waals surface area contributed by atoms with Gasteiger partial charge in [-0.15, -0.1) is 0 Å². The molecule has 3 aliphatic rings. The molecular weight excluding hydrogens is 540 g/mol. The highest BCUT2D eigenvalue weighted by Gasteiger charge is 2.33. The summed E-state index contributed by atoms with van der Waals surface area (Å²) in [6, 6.07) is 6.61. The topological polar surface area (TPSA) is 18.5 Å². The highest BCUT2D eigenvalue weighted by molar-refractivity contribution is 5.34. The van der Waals surface area contributed by atoms with E-state index < -0.39 is 23.3 Å².